The molecule has 0 saturated heterocycles. The van der Waals surface area contributed by atoms with Crippen LogP contribution in [-0.4, -0.2) is 0 Å². The molecule has 3 heteroatoms. The maximum atomic E-state index is 2.33. The van der Waals surface area contributed by atoms with Crippen LogP contribution in [-0.2, 0) is 0 Å². The normalized spacial score (nSPS) is 11.1. The zero-order chi connectivity index (χ0) is 26.0. The monoisotopic (exact) mass is 518 g/mol. The van der Waals surface area contributed by atoms with E-state index in [9.17, 15) is 0 Å². The van der Waals surface area contributed by atoms with Crippen LogP contribution in [0.3, 0.4) is 0 Å². The second kappa shape index (κ2) is 10.1. The number of fused-ring (bicyclic) bond motifs is 3. The predicted octanol–water partition coefficient (Wildman–Crippen LogP) is 11.0. The quantitative estimate of drug-likeness (QED) is 0.216. The van der Waals surface area contributed by atoms with Crippen molar-refractivity contribution in [2.24, 2.45) is 0 Å². The summed E-state index contributed by atoms with van der Waals surface area (Å²) in [7, 11) is 0. The Labute approximate surface area is 232 Å². The molecule has 39 heavy (non-hydrogen) atoms. The summed E-state index contributed by atoms with van der Waals surface area (Å²) in [5.74, 6) is 0. The van der Waals surface area contributed by atoms with E-state index in [-0.39, 0.29) is 0 Å². The highest BCUT2D eigenvalue weighted by Crippen LogP contribution is 2.43. The number of benzene rings is 6. The van der Waals surface area contributed by atoms with Crippen LogP contribution in [0.25, 0.3) is 20.2 Å². The molecule has 0 fully saturated rings. The zero-order valence-corrected chi connectivity index (χ0v) is 22.1. The number of para-hydroxylation sites is 4. The molecule has 0 saturated carbocycles. The van der Waals surface area contributed by atoms with Gasteiger partial charge in [-0.1, -0.05) is 78.9 Å². The molecule has 1 heterocycles. The fourth-order valence-electron chi connectivity index (χ4n) is 5.23. The molecule has 0 N–H and O–H groups in total. The maximum absolute atomic E-state index is 2.33. The first kappa shape index (κ1) is 23.3. The molecule has 2 nitrogen and oxygen atoms in total. The zero-order valence-electron chi connectivity index (χ0n) is 21.3. The van der Waals surface area contributed by atoms with E-state index in [4.69, 9.17) is 0 Å². The summed E-state index contributed by atoms with van der Waals surface area (Å²) in [6, 6.07) is 56.0. The van der Waals surface area contributed by atoms with Crippen molar-refractivity contribution in [2.75, 3.05) is 9.80 Å². The SMILES string of the molecule is c1ccc(N(c2ccccc2)c2ccc3c(c2)sc2ccc(N(c4ccccc4)c4ccccc4)cc23)cc1. The van der Waals surface area contributed by atoms with Crippen molar-refractivity contribution < 1.29 is 0 Å². The van der Waals surface area contributed by atoms with E-state index in [1.165, 1.54) is 20.2 Å². The van der Waals surface area contributed by atoms with Gasteiger partial charge < -0.3 is 9.80 Å². The first-order chi connectivity index (χ1) is 19.3. The van der Waals surface area contributed by atoms with Gasteiger partial charge in [-0.3, -0.25) is 0 Å². The molecule has 0 unspecified atom stereocenters. The number of anilines is 6. The standard InChI is InChI=1S/C36H26N2S/c1-5-13-27(14-6-1)37(28-15-7-2-8-16-28)31-22-24-35-34(25-31)33-23-21-32(26-36(33)39-35)38(29-17-9-3-10-18-29)30-19-11-4-12-20-30/h1-26H. The van der Waals surface area contributed by atoms with Crippen LogP contribution in [0.2, 0.25) is 0 Å². The molecule has 0 radical (unpaired) electrons. The minimum Gasteiger partial charge on any atom is -0.310 e. The van der Waals surface area contributed by atoms with Gasteiger partial charge in [-0.05, 0) is 78.9 Å². The molecule has 0 aliphatic rings. The summed E-state index contributed by atoms with van der Waals surface area (Å²) in [6.45, 7) is 0. The Morgan fingerprint density at radius 1 is 0.308 bits per heavy atom. The number of hydrogen-bond donors (Lipinski definition) is 0. The highest BCUT2D eigenvalue weighted by atomic mass is 32.1. The second-order valence-electron chi connectivity index (χ2n) is 9.48. The molecule has 0 aliphatic carbocycles. The molecule has 0 aliphatic heterocycles. The lowest BCUT2D eigenvalue weighted by molar-refractivity contribution is 1.29. The Kier molecular flexibility index (Phi) is 6.04. The molecular formula is C36H26N2S. The third kappa shape index (κ3) is 4.43. The lowest BCUT2D eigenvalue weighted by Gasteiger charge is -2.25. The van der Waals surface area contributed by atoms with Crippen molar-refractivity contribution in [2.45, 2.75) is 0 Å². The van der Waals surface area contributed by atoms with E-state index in [1.807, 2.05) is 11.3 Å². The number of thiophene rings is 1. The van der Waals surface area contributed by atoms with E-state index < -0.39 is 0 Å². The molecule has 6 aromatic carbocycles. The number of rotatable bonds is 6. The highest BCUT2D eigenvalue weighted by Gasteiger charge is 2.16. The Morgan fingerprint density at radius 3 is 1.18 bits per heavy atom. The fourth-order valence-corrected chi connectivity index (χ4v) is 6.35. The molecule has 186 valence electrons. The van der Waals surface area contributed by atoms with Crippen LogP contribution >= 0.6 is 11.3 Å². The molecule has 0 atom stereocenters. The number of hydrogen-bond acceptors (Lipinski definition) is 3. The van der Waals surface area contributed by atoms with Gasteiger partial charge in [-0.25, -0.2) is 0 Å². The summed E-state index contributed by atoms with van der Waals surface area (Å²) in [5.41, 5.74) is 6.89. The molecule has 1 aromatic heterocycles. The Bertz CT molecular complexity index is 1770. The lowest BCUT2D eigenvalue weighted by atomic mass is 10.1. The Morgan fingerprint density at radius 2 is 0.718 bits per heavy atom. The van der Waals surface area contributed by atoms with Gasteiger partial charge in [-0.2, -0.15) is 0 Å². The van der Waals surface area contributed by atoms with Gasteiger partial charge in [0.05, 0.1) is 0 Å². The van der Waals surface area contributed by atoms with Gasteiger partial charge in [0.2, 0.25) is 0 Å². The fraction of sp³-hybridized carbons (Fsp3) is 0. The van der Waals surface area contributed by atoms with E-state index in [2.05, 4.69) is 168 Å². The van der Waals surface area contributed by atoms with Crippen molar-refractivity contribution >= 4 is 65.6 Å². The van der Waals surface area contributed by atoms with Crippen LogP contribution in [0.15, 0.2) is 158 Å². The molecular weight excluding hydrogens is 492 g/mol. The molecule has 0 amide bonds. The average molecular weight is 519 g/mol. The van der Waals surface area contributed by atoms with Gasteiger partial charge in [-0.15, -0.1) is 11.3 Å². The van der Waals surface area contributed by atoms with E-state index in [0.29, 0.717) is 0 Å². The Hall–Kier alpha value is -4.86. The first-order valence-electron chi connectivity index (χ1n) is 13.1. The summed E-state index contributed by atoms with van der Waals surface area (Å²) in [5, 5.41) is 2.56. The van der Waals surface area contributed by atoms with E-state index in [1.54, 1.807) is 0 Å². The van der Waals surface area contributed by atoms with E-state index >= 15 is 0 Å². The van der Waals surface area contributed by atoms with Gasteiger partial charge in [0.15, 0.2) is 0 Å². The van der Waals surface area contributed by atoms with Crippen molar-refractivity contribution in [1.29, 1.82) is 0 Å². The minimum absolute atomic E-state index is 1.14. The van der Waals surface area contributed by atoms with Crippen LogP contribution in [0.5, 0.6) is 0 Å². The summed E-state index contributed by atoms with van der Waals surface area (Å²) in [4.78, 5) is 4.64. The predicted molar refractivity (Wildman–Crippen MR) is 169 cm³/mol. The first-order valence-corrected chi connectivity index (χ1v) is 13.9. The summed E-state index contributed by atoms with van der Waals surface area (Å²) < 4.78 is 2.57. The third-order valence-corrected chi connectivity index (χ3v) is 8.15. The van der Waals surface area contributed by atoms with Gasteiger partial charge in [0, 0.05) is 54.3 Å². The summed E-state index contributed by atoms with van der Waals surface area (Å²) >= 11 is 1.85. The average Bonchev–Trinajstić information content (AvgIpc) is 3.37. The molecule has 7 rings (SSSR count). The van der Waals surface area contributed by atoms with Crippen molar-refractivity contribution in [3.8, 4) is 0 Å². The van der Waals surface area contributed by atoms with E-state index in [0.717, 1.165) is 34.1 Å². The second-order valence-corrected chi connectivity index (χ2v) is 10.6. The lowest BCUT2D eigenvalue weighted by Crippen LogP contribution is -2.09. The van der Waals surface area contributed by atoms with Crippen molar-refractivity contribution in [3.05, 3.63) is 158 Å². The number of nitrogens with zero attached hydrogens (tertiary/aromatic N) is 2. The largest absolute Gasteiger partial charge is 0.310 e. The van der Waals surface area contributed by atoms with Crippen LogP contribution in [0.1, 0.15) is 0 Å². The maximum Gasteiger partial charge on any atom is 0.0476 e. The van der Waals surface area contributed by atoms with Crippen LogP contribution in [0.4, 0.5) is 34.1 Å². The Balaban J connectivity index is 1.36. The topological polar surface area (TPSA) is 6.48 Å². The summed E-state index contributed by atoms with van der Waals surface area (Å²) in [6.07, 6.45) is 0. The highest BCUT2D eigenvalue weighted by molar-refractivity contribution is 7.25. The van der Waals surface area contributed by atoms with Crippen LogP contribution in [0, 0.1) is 0 Å². The van der Waals surface area contributed by atoms with Gasteiger partial charge in [0.1, 0.15) is 0 Å². The third-order valence-electron chi connectivity index (χ3n) is 7.01. The van der Waals surface area contributed by atoms with Crippen LogP contribution < -0.4 is 9.80 Å². The molecule has 7 aromatic rings. The van der Waals surface area contributed by atoms with Gasteiger partial charge >= 0.3 is 0 Å². The smallest absolute Gasteiger partial charge is 0.0476 e. The van der Waals surface area contributed by atoms with Gasteiger partial charge in [0.25, 0.3) is 0 Å². The minimum atomic E-state index is 1.14. The molecule has 0 bridgehead atoms. The van der Waals surface area contributed by atoms with Crippen molar-refractivity contribution in [3.63, 3.8) is 0 Å². The van der Waals surface area contributed by atoms with Crippen molar-refractivity contribution in [1.82, 2.24) is 0 Å². The molecule has 0 spiro atoms.